The van der Waals surface area contributed by atoms with Crippen LogP contribution in [0.5, 0.6) is 5.75 Å². The zero-order valence-electron chi connectivity index (χ0n) is 17.7. The van der Waals surface area contributed by atoms with Gasteiger partial charge in [-0.15, -0.1) is 0 Å². The predicted octanol–water partition coefficient (Wildman–Crippen LogP) is 2.45. The minimum atomic E-state index is -0.240. The summed E-state index contributed by atoms with van der Waals surface area (Å²) in [6.45, 7) is 6.15. The van der Waals surface area contributed by atoms with Gasteiger partial charge >= 0.3 is 5.97 Å². The smallest absolute Gasteiger partial charge is 0.314 e. The minimum Gasteiger partial charge on any atom is -0.489 e. The minimum absolute atomic E-state index is 0.0486. The molecular weight excluding hydrogens is 380 g/mol. The van der Waals surface area contributed by atoms with Crippen LogP contribution in [-0.4, -0.2) is 37.6 Å². The Labute approximate surface area is 178 Å². The fourth-order valence-electron chi connectivity index (χ4n) is 3.76. The molecule has 0 spiro atoms. The molecule has 0 saturated carbocycles. The van der Waals surface area contributed by atoms with Crippen molar-refractivity contribution >= 4 is 17.6 Å². The quantitative estimate of drug-likeness (QED) is 0.655. The first-order valence-electron chi connectivity index (χ1n) is 10.7. The maximum atomic E-state index is 12.7. The molecule has 1 heterocycles. The first kappa shape index (κ1) is 21.8. The highest BCUT2D eigenvalue weighted by molar-refractivity contribution is 5.93. The van der Waals surface area contributed by atoms with E-state index in [1.54, 1.807) is 0 Å². The molecule has 1 fully saturated rings. The van der Waals surface area contributed by atoms with E-state index in [1.165, 1.54) is 0 Å². The summed E-state index contributed by atoms with van der Waals surface area (Å²) in [6, 6.07) is 17.1. The number of rotatable bonds is 8. The Bertz CT molecular complexity index is 823. The second-order valence-corrected chi connectivity index (χ2v) is 7.71. The van der Waals surface area contributed by atoms with Crippen molar-refractivity contribution in [3.05, 3.63) is 60.2 Å². The summed E-state index contributed by atoms with van der Waals surface area (Å²) >= 11 is 0. The molecule has 1 saturated heterocycles. The molecule has 6 heteroatoms. The van der Waals surface area contributed by atoms with Crippen LogP contribution < -0.4 is 15.0 Å². The van der Waals surface area contributed by atoms with E-state index in [4.69, 9.17) is 9.47 Å². The summed E-state index contributed by atoms with van der Waals surface area (Å²) < 4.78 is 10.9. The zero-order chi connectivity index (χ0) is 21.3. The molecule has 0 aliphatic carbocycles. The summed E-state index contributed by atoms with van der Waals surface area (Å²) in [5.74, 6) is 0.440. The highest BCUT2D eigenvalue weighted by Crippen LogP contribution is 2.17. The molecule has 2 N–H and O–H groups in total. The van der Waals surface area contributed by atoms with Crippen molar-refractivity contribution in [1.82, 2.24) is 0 Å². The average Bonchev–Trinajstić information content (AvgIpc) is 2.79. The number of esters is 1. The van der Waals surface area contributed by atoms with Crippen molar-refractivity contribution in [3.8, 4) is 5.75 Å². The van der Waals surface area contributed by atoms with Crippen LogP contribution in [0.2, 0.25) is 0 Å². The Balaban J connectivity index is 1.50. The van der Waals surface area contributed by atoms with Gasteiger partial charge in [-0.2, -0.15) is 0 Å². The first-order chi connectivity index (χ1) is 14.6. The van der Waals surface area contributed by atoms with Gasteiger partial charge in [0.2, 0.25) is 0 Å². The van der Waals surface area contributed by atoms with Crippen molar-refractivity contribution in [1.29, 1.82) is 0 Å². The van der Waals surface area contributed by atoms with Gasteiger partial charge in [0.15, 0.2) is 6.04 Å². The van der Waals surface area contributed by atoms with Gasteiger partial charge in [-0.25, -0.2) is 0 Å². The Kier molecular flexibility index (Phi) is 7.85. The van der Waals surface area contributed by atoms with Gasteiger partial charge in [0.05, 0.1) is 19.7 Å². The summed E-state index contributed by atoms with van der Waals surface area (Å²) in [4.78, 5) is 25.9. The van der Waals surface area contributed by atoms with Crippen LogP contribution in [0.25, 0.3) is 0 Å². The molecule has 1 aliphatic rings. The number of carbonyl (C=O) groups excluding carboxylic acids is 2. The van der Waals surface area contributed by atoms with E-state index in [1.807, 2.05) is 68.4 Å². The molecule has 30 heavy (non-hydrogen) atoms. The molecule has 0 bridgehead atoms. The van der Waals surface area contributed by atoms with Gasteiger partial charge in [0.25, 0.3) is 5.91 Å². The maximum Gasteiger partial charge on any atom is 0.314 e. The van der Waals surface area contributed by atoms with Gasteiger partial charge in [-0.05, 0) is 56.5 Å². The second kappa shape index (κ2) is 10.8. The van der Waals surface area contributed by atoms with E-state index < -0.39 is 0 Å². The number of amides is 1. The lowest BCUT2D eigenvalue weighted by molar-refractivity contribution is -0.921. The molecule has 6 nitrogen and oxygen atoms in total. The molecule has 160 valence electrons. The molecule has 3 rings (SSSR count). The van der Waals surface area contributed by atoms with Crippen molar-refractivity contribution in [2.45, 2.75) is 39.3 Å². The Morgan fingerprint density at radius 3 is 2.57 bits per heavy atom. The standard InChI is InChI=1S/C24H30N2O4/c1-3-29-24(28)20-10-7-15-26(16-20)18(2)23(27)25-21-11-13-22(14-12-21)30-17-19-8-5-4-6-9-19/h4-6,8-9,11-14,18,20H,3,7,10,15-17H2,1-2H3,(H,25,27)/p+1/t18-,20+/m0/s1. The van der Waals surface area contributed by atoms with Crippen LogP contribution in [0.1, 0.15) is 32.3 Å². The number of carbonyl (C=O) groups is 2. The van der Waals surface area contributed by atoms with Crippen LogP contribution in [-0.2, 0) is 20.9 Å². The Hall–Kier alpha value is -2.86. The molecule has 0 aromatic heterocycles. The van der Waals surface area contributed by atoms with Gasteiger partial charge in [0.1, 0.15) is 18.3 Å². The number of hydrogen-bond acceptors (Lipinski definition) is 4. The molecule has 1 aliphatic heterocycles. The molecule has 2 aromatic rings. The third kappa shape index (κ3) is 6.07. The lowest BCUT2D eigenvalue weighted by Crippen LogP contribution is -3.18. The number of anilines is 1. The van der Waals surface area contributed by atoms with Crippen LogP contribution >= 0.6 is 0 Å². The zero-order valence-corrected chi connectivity index (χ0v) is 17.7. The van der Waals surface area contributed by atoms with Crippen LogP contribution in [0.3, 0.4) is 0 Å². The normalized spacial score (nSPS) is 19.5. The van der Waals surface area contributed by atoms with E-state index in [-0.39, 0.29) is 23.8 Å². The SMILES string of the molecule is CCOC(=O)[C@@H]1CCC[NH+]([C@@H](C)C(=O)Nc2ccc(OCc3ccccc3)cc2)C1. The van der Waals surface area contributed by atoms with Gasteiger partial charge in [-0.1, -0.05) is 30.3 Å². The van der Waals surface area contributed by atoms with E-state index in [9.17, 15) is 9.59 Å². The lowest BCUT2D eigenvalue weighted by atomic mass is 9.97. The number of benzene rings is 2. The summed E-state index contributed by atoms with van der Waals surface area (Å²) in [5, 5.41) is 2.98. The van der Waals surface area contributed by atoms with Gasteiger partial charge in [0, 0.05) is 5.69 Å². The number of quaternary nitrogens is 1. The van der Waals surface area contributed by atoms with Crippen molar-refractivity contribution < 1.29 is 24.0 Å². The Morgan fingerprint density at radius 2 is 1.87 bits per heavy atom. The summed E-state index contributed by atoms with van der Waals surface area (Å²) in [6.07, 6.45) is 1.75. The van der Waals surface area contributed by atoms with Crippen LogP contribution in [0, 0.1) is 5.92 Å². The molecule has 2 aromatic carbocycles. The lowest BCUT2D eigenvalue weighted by Gasteiger charge is -2.32. The Morgan fingerprint density at radius 1 is 1.13 bits per heavy atom. The van der Waals surface area contributed by atoms with Gasteiger partial charge < -0.3 is 19.7 Å². The number of ether oxygens (including phenoxy) is 2. The fourth-order valence-corrected chi connectivity index (χ4v) is 3.76. The molecule has 3 atom stereocenters. The van der Waals surface area contributed by atoms with Crippen LogP contribution in [0.4, 0.5) is 5.69 Å². The predicted molar refractivity (Wildman–Crippen MR) is 115 cm³/mol. The third-order valence-electron chi connectivity index (χ3n) is 5.55. The average molecular weight is 412 g/mol. The molecule has 1 unspecified atom stereocenters. The summed E-state index contributed by atoms with van der Waals surface area (Å²) in [5.41, 5.74) is 1.84. The van der Waals surface area contributed by atoms with E-state index >= 15 is 0 Å². The number of nitrogens with one attached hydrogen (secondary N) is 2. The van der Waals surface area contributed by atoms with Crippen molar-refractivity contribution in [3.63, 3.8) is 0 Å². The van der Waals surface area contributed by atoms with Crippen LogP contribution in [0.15, 0.2) is 54.6 Å². The first-order valence-corrected chi connectivity index (χ1v) is 10.7. The van der Waals surface area contributed by atoms with E-state index in [0.29, 0.717) is 19.8 Å². The number of hydrogen-bond donors (Lipinski definition) is 2. The second-order valence-electron chi connectivity index (χ2n) is 7.71. The number of piperidine rings is 1. The topological polar surface area (TPSA) is 69.1 Å². The third-order valence-corrected chi connectivity index (χ3v) is 5.55. The summed E-state index contributed by atoms with van der Waals surface area (Å²) in [7, 11) is 0. The molecule has 1 amide bonds. The van der Waals surface area contributed by atoms with E-state index in [0.717, 1.165) is 41.3 Å². The van der Waals surface area contributed by atoms with Crippen molar-refractivity contribution in [2.75, 3.05) is 25.0 Å². The van der Waals surface area contributed by atoms with E-state index in [2.05, 4.69) is 5.32 Å². The number of likely N-dealkylation sites (tertiary alicyclic amines) is 1. The molecule has 0 radical (unpaired) electrons. The molecular formula is C24H31N2O4+. The fraction of sp³-hybridized carbons (Fsp3) is 0.417. The monoisotopic (exact) mass is 411 g/mol. The highest BCUT2D eigenvalue weighted by Gasteiger charge is 2.34. The van der Waals surface area contributed by atoms with Gasteiger partial charge in [-0.3, -0.25) is 9.59 Å². The highest BCUT2D eigenvalue weighted by atomic mass is 16.5. The largest absolute Gasteiger partial charge is 0.489 e. The maximum absolute atomic E-state index is 12.7. The van der Waals surface area contributed by atoms with Crippen molar-refractivity contribution in [2.24, 2.45) is 5.92 Å².